The van der Waals surface area contributed by atoms with Gasteiger partial charge in [-0.2, -0.15) is 5.10 Å². The number of nitrogens with zero attached hydrogens (tertiary/aromatic N) is 6. The molecule has 0 aliphatic carbocycles. The maximum atomic E-state index is 6.66. The second-order valence-corrected chi connectivity index (χ2v) is 10.8. The minimum absolute atomic E-state index is 0.176. The van der Waals surface area contributed by atoms with Crippen molar-refractivity contribution in [3.63, 3.8) is 0 Å². The van der Waals surface area contributed by atoms with Crippen LogP contribution in [0.25, 0.3) is 10.9 Å². The Morgan fingerprint density at radius 1 is 1.06 bits per heavy atom. The Kier molecular flexibility index (Phi) is 5.68. The molecule has 1 aromatic carbocycles. The molecule has 0 amide bonds. The maximum Gasteiger partial charge on any atom is 0.227 e. The van der Waals surface area contributed by atoms with Gasteiger partial charge in [-0.3, -0.25) is 4.90 Å². The van der Waals surface area contributed by atoms with Gasteiger partial charge in [0.2, 0.25) is 5.95 Å². The lowest BCUT2D eigenvalue weighted by atomic mass is 9.97. The predicted molar refractivity (Wildman–Crippen MR) is 133 cm³/mol. The quantitative estimate of drug-likeness (QED) is 0.576. The van der Waals surface area contributed by atoms with Crippen molar-refractivity contribution in [1.82, 2.24) is 24.6 Å². The van der Waals surface area contributed by atoms with E-state index in [-0.39, 0.29) is 11.1 Å². The average Bonchev–Trinajstić information content (AvgIpc) is 3.12. The fourth-order valence-corrected chi connectivity index (χ4v) is 5.10. The highest BCUT2D eigenvalue weighted by atomic mass is 35.5. The van der Waals surface area contributed by atoms with Crippen molar-refractivity contribution in [2.45, 2.75) is 38.8 Å². The Bertz CT molecular complexity index is 1180. The average molecular weight is 490 g/mol. The predicted octanol–water partition coefficient (Wildman–Crippen LogP) is 4.54. The lowest BCUT2D eigenvalue weighted by Crippen LogP contribution is -2.64. The van der Waals surface area contributed by atoms with Crippen LogP contribution >= 0.6 is 23.2 Å². The summed E-state index contributed by atoms with van der Waals surface area (Å²) in [6, 6.07) is 3.99. The number of nitrogens with one attached hydrogen (secondary N) is 1. The molecule has 0 atom stereocenters. The maximum absolute atomic E-state index is 6.66. The molecule has 2 saturated heterocycles. The van der Waals surface area contributed by atoms with Crippen LogP contribution in [0.3, 0.4) is 0 Å². The van der Waals surface area contributed by atoms with E-state index in [1.165, 1.54) is 0 Å². The van der Waals surface area contributed by atoms with Gasteiger partial charge in [0.15, 0.2) is 5.15 Å². The third kappa shape index (κ3) is 4.25. The monoisotopic (exact) mass is 489 g/mol. The Hall–Kier alpha value is -2.13. The molecule has 0 radical (unpaired) electrons. The minimum atomic E-state index is -0.222. The summed E-state index contributed by atoms with van der Waals surface area (Å²) in [5.74, 6) is 0.467. The van der Waals surface area contributed by atoms with E-state index < -0.39 is 0 Å². The standard InChI is InChI=1S/C23H29Cl2N7O/c1-22(2,3)32-20(25)18(12-27-32)29-21-26-11-15-9-16(24)19(10-17(15)28-21)30-5-7-31(8-6-30)23(4)13-33-14-23/h9-12H,5-8,13-14H2,1-4H3,(H,26,28,29). The molecule has 2 aromatic heterocycles. The van der Waals surface area contributed by atoms with Crippen LogP contribution in [0.4, 0.5) is 17.3 Å². The number of ether oxygens (including phenoxy) is 1. The van der Waals surface area contributed by atoms with Crippen LogP contribution in [0.2, 0.25) is 10.2 Å². The van der Waals surface area contributed by atoms with Crippen molar-refractivity contribution in [3.05, 3.63) is 34.7 Å². The summed E-state index contributed by atoms with van der Waals surface area (Å²) in [7, 11) is 0. The number of rotatable bonds is 4. The van der Waals surface area contributed by atoms with E-state index in [0.29, 0.717) is 21.8 Å². The molecule has 0 bridgehead atoms. The Labute approximate surface area is 203 Å². The number of aromatic nitrogens is 4. The fraction of sp³-hybridized carbons (Fsp3) is 0.522. The normalized spacial score (nSPS) is 19.0. The topological polar surface area (TPSA) is 71.3 Å². The first-order valence-electron chi connectivity index (χ1n) is 11.2. The van der Waals surface area contributed by atoms with E-state index in [9.17, 15) is 0 Å². The highest BCUT2D eigenvalue weighted by Crippen LogP contribution is 2.34. The van der Waals surface area contributed by atoms with E-state index in [4.69, 9.17) is 32.9 Å². The van der Waals surface area contributed by atoms with Crippen LogP contribution in [0.5, 0.6) is 0 Å². The van der Waals surface area contributed by atoms with Crippen LogP contribution in [0.15, 0.2) is 24.5 Å². The van der Waals surface area contributed by atoms with Crippen LogP contribution in [-0.2, 0) is 10.3 Å². The van der Waals surface area contributed by atoms with Gasteiger partial charge in [0, 0.05) is 37.8 Å². The van der Waals surface area contributed by atoms with Gasteiger partial charge in [0.1, 0.15) is 0 Å². The summed E-state index contributed by atoms with van der Waals surface area (Å²) in [6.45, 7) is 13.9. The summed E-state index contributed by atoms with van der Waals surface area (Å²) in [5, 5.41) is 9.73. The van der Waals surface area contributed by atoms with E-state index in [1.54, 1.807) is 17.1 Å². The lowest BCUT2D eigenvalue weighted by Gasteiger charge is -2.50. The first kappa shape index (κ1) is 22.7. The van der Waals surface area contributed by atoms with Gasteiger partial charge in [0.05, 0.1) is 52.4 Å². The molecule has 2 aliphatic rings. The van der Waals surface area contributed by atoms with E-state index in [2.05, 4.69) is 38.2 Å². The number of fused-ring (bicyclic) bond motifs is 1. The second-order valence-electron chi connectivity index (χ2n) is 10.1. The van der Waals surface area contributed by atoms with Gasteiger partial charge in [0.25, 0.3) is 0 Å². The number of anilines is 3. The molecule has 176 valence electrons. The molecule has 2 aliphatic heterocycles. The molecule has 5 rings (SSSR count). The van der Waals surface area contributed by atoms with Crippen molar-refractivity contribution in [1.29, 1.82) is 0 Å². The lowest BCUT2D eigenvalue weighted by molar-refractivity contribution is -0.131. The molecular formula is C23H29Cl2N7O. The third-order valence-corrected chi connectivity index (χ3v) is 7.12. The molecule has 3 aromatic rings. The van der Waals surface area contributed by atoms with Crippen molar-refractivity contribution in [3.8, 4) is 0 Å². The zero-order valence-electron chi connectivity index (χ0n) is 19.4. The van der Waals surface area contributed by atoms with Crippen molar-refractivity contribution in [2.24, 2.45) is 0 Å². The molecule has 0 saturated carbocycles. The molecule has 10 heteroatoms. The Morgan fingerprint density at radius 3 is 2.39 bits per heavy atom. The number of benzene rings is 1. The fourth-order valence-electron chi connectivity index (χ4n) is 4.42. The summed E-state index contributed by atoms with van der Waals surface area (Å²) in [5.41, 5.74) is 2.45. The van der Waals surface area contributed by atoms with Crippen LogP contribution < -0.4 is 10.2 Å². The molecule has 8 nitrogen and oxygen atoms in total. The van der Waals surface area contributed by atoms with E-state index in [0.717, 1.165) is 56.0 Å². The Morgan fingerprint density at radius 2 is 1.79 bits per heavy atom. The van der Waals surface area contributed by atoms with Crippen molar-refractivity contribution >= 4 is 51.4 Å². The van der Waals surface area contributed by atoms with Gasteiger partial charge < -0.3 is 15.0 Å². The first-order valence-corrected chi connectivity index (χ1v) is 11.9. The first-order chi connectivity index (χ1) is 15.6. The largest absolute Gasteiger partial charge is 0.377 e. The second kappa shape index (κ2) is 8.27. The van der Waals surface area contributed by atoms with E-state index in [1.807, 2.05) is 26.8 Å². The van der Waals surface area contributed by atoms with Crippen LogP contribution in [-0.4, -0.2) is 69.6 Å². The smallest absolute Gasteiger partial charge is 0.227 e. The molecule has 4 heterocycles. The molecule has 0 spiro atoms. The molecule has 33 heavy (non-hydrogen) atoms. The molecular weight excluding hydrogens is 461 g/mol. The van der Waals surface area contributed by atoms with Crippen LogP contribution in [0, 0.1) is 0 Å². The zero-order valence-corrected chi connectivity index (χ0v) is 20.9. The SMILES string of the molecule is CC1(N2CCN(c3cc4nc(Nc5cnn(C(C)(C)C)c5Cl)ncc4cc3Cl)CC2)COC1. The third-order valence-electron chi connectivity index (χ3n) is 6.45. The number of hydrogen-bond acceptors (Lipinski definition) is 7. The van der Waals surface area contributed by atoms with Crippen molar-refractivity contribution < 1.29 is 4.74 Å². The van der Waals surface area contributed by atoms with Crippen LogP contribution in [0.1, 0.15) is 27.7 Å². The zero-order chi connectivity index (χ0) is 23.4. The van der Waals surface area contributed by atoms with E-state index >= 15 is 0 Å². The van der Waals surface area contributed by atoms with Crippen molar-refractivity contribution in [2.75, 3.05) is 49.6 Å². The summed E-state index contributed by atoms with van der Waals surface area (Å²) in [6.07, 6.45) is 3.47. The van der Waals surface area contributed by atoms with Gasteiger partial charge in [-0.05, 0) is 39.8 Å². The molecule has 2 fully saturated rings. The number of piperazine rings is 1. The molecule has 0 unspecified atom stereocenters. The number of halogens is 2. The van der Waals surface area contributed by atoms with Gasteiger partial charge >= 0.3 is 0 Å². The Balaban J connectivity index is 1.37. The number of hydrogen-bond donors (Lipinski definition) is 1. The minimum Gasteiger partial charge on any atom is -0.377 e. The summed E-state index contributed by atoms with van der Waals surface area (Å²) in [4.78, 5) is 14.0. The summed E-state index contributed by atoms with van der Waals surface area (Å²) >= 11 is 13.2. The highest BCUT2D eigenvalue weighted by molar-refractivity contribution is 6.34. The van der Waals surface area contributed by atoms with Gasteiger partial charge in [-0.1, -0.05) is 23.2 Å². The van der Waals surface area contributed by atoms with Gasteiger partial charge in [-0.15, -0.1) is 0 Å². The van der Waals surface area contributed by atoms with Gasteiger partial charge in [-0.25, -0.2) is 14.6 Å². The highest BCUT2D eigenvalue weighted by Gasteiger charge is 2.40. The summed E-state index contributed by atoms with van der Waals surface area (Å²) < 4.78 is 7.21. The molecule has 1 N–H and O–H groups in total.